The number of fused-ring (bicyclic) bond motifs is 4. The van der Waals surface area contributed by atoms with Crippen molar-refractivity contribution in [1.82, 2.24) is 0 Å². The smallest absolute Gasteiger partial charge is 0.151 e. The molecule has 0 bridgehead atoms. The van der Waals surface area contributed by atoms with E-state index in [2.05, 4.69) is 194 Å². The molecule has 0 unspecified atom stereocenters. The maximum absolute atomic E-state index is 6.48. The molecule has 0 atom stereocenters. The Balaban J connectivity index is 1.11. The number of anilines is 6. The van der Waals surface area contributed by atoms with Gasteiger partial charge in [0.1, 0.15) is 0 Å². The van der Waals surface area contributed by atoms with Crippen molar-refractivity contribution in [3.05, 3.63) is 180 Å². The number of hydrogen-bond acceptors (Lipinski definition) is 3. The van der Waals surface area contributed by atoms with Gasteiger partial charge in [0.25, 0.3) is 0 Å². The van der Waals surface area contributed by atoms with Gasteiger partial charge in [-0.15, -0.1) is 0 Å². The molecule has 0 aromatic heterocycles. The molecular weight excluding hydrogens is 597 g/mol. The van der Waals surface area contributed by atoms with E-state index in [0.29, 0.717) is 0 Å². The van der Waals surface area contributed by atoms with Crippen LogP contribution in [0.3, 0.4) is 0 Å². The first-order chi connectivity index (χ1) is 24.0. The van der Waals surface area contributed by atoms with Crippen molar-refractivity contribution in [2.75, 3.05) is 9.80 Å². The fraction of sp³-hybridized carbons (Fsp3) is 0.0870. The third kappa shape index (κ3) is 4.73. The van der Waals surface area contributed by atoms with Crippen LogP contribution in [0.25, 0.3) is 22.3 Å². The van der Waals surface area contributed by atoms with Crippen LogP contribution in [0, 0.1) is 6.92 Å². The quantitative estimate of drug-likeness (QED) is 0.188. The third-order valence-electron chi connectivity index (χ3n) is 10.2. The maximum atomic E-state index is 6.48. The minimum Gasteiger partial charge on any atom is -0.453 e. The number of hydrogen-bond donors (Lipinski definition) is 0. The van der Waals surface area contributed by atoms with Gasteiger partial charge in [0, 0.05) is 22.5 Å². The number of ether oxygens (including phenoxy) is 1. The fourth-order valence-electron chi connectivity index (χ4n) is 7.63. The summed E-state index contributed by atoms with van der Waals surface area (Å²) in [6.07, 6.45) is 0. The second-order valence-corrected chi connectivity index (χ2v) is 13.5. The molecule has 0 saturated carbocycles. The Hall–Kier alpha value is -6.06. The van der Waals surface area contributed by atoms with Crippen LogP contribution >= 0.6 is 0 Å². The van der Waals surface area contributed by atoms with Gasteiger partial charge in [-0.1, -0.05) is 117 Å². The number of benzene rings is 7. The highest BCUT2D eigenvalue weighted by molar-refractivity contribution is 5.95. The highest BCUT2D eigenvalue weighted by atomic mass is 16.5. The van der Waals surface area contributed by atoms with E-state index in [1.54, 1.807) is 0 Å². The zero-order chi connectivity index (χ0) is 33.1. The summed E-state index contributed by atoms with van der Waals surface area (Å²) in [5.74, 6) is 1.80. The standard InChI is InChI=1S/C46H36N2O/c1-31-12-10-18-42-44(31)48-41-29-24-35(30-40(41)46(2,3)39-17-11-19-43(49-42)45(39)48)34-22-27-38(28-23-34)47(36-15-8-5-9-16-36)37-25-20-33(21-26-37)32-13-6-4-7-14-32/h4-30H,1-3H3. The molecule has 9 rings (SSSR count). The molecule has 2 aliphatic heterocycles. The van der Waals surface area contributed by atoms with Crippen LogP contribution in [-0.4, -0.2) is 0 Å². The summed E-state index contributed by atoms with van der Waals surface area (Å²) in [5, 5.41) is 0. The van der Waals surface area contributed by atoms with E-state index in [4.69, 9.17) is 4.74 Å². The first-order valence-corrected chi connectivity index (χ1v) is 16.9. The van der Waals surface area contributed by atoms with Crippen molar-refractivity contribution < 1.29 is 4.74 Å². The average molecular weight is 633 g/mol. The Morgan fingerprint density at radius 3 is 1.67 bits per heavy atom. The van der Waals surface area contributed by atoms with Crippen molar-refractivity contribution in [3.63, 3.8) is 0 Å². The lowest BCUT2D eigenvalue weighted by molar-refractivity contribution is 0.471. The van der Waals surface area contributed by atoms with Crippen LogP contribution < -0.4 is 14.5 Å². The van der Waals surface area contributed by atoms with Crippen LogP contribution in [0.2, 0.25) is 0 Å². The predicted molar refractivity (Wildman–Crippen MR) is 204 cm³/mol. The normalized spacial score (nSPS) is 13.5. The highest BCUT2D eigenvalue weighted by Crippen LogP contribution is 2.60. The summed E-state index contributed by atoms with van der Waals surface area (Å²) in [7, 11) is 0. The van der Waals surface area contributed by atoms with E-state index in [-0.39, 0.29) is 5.41 Å². The van der Waals surface area contributed by atoms with Crippen molar-refractivity contribution in [2.45, 2.75) is 26.2 Å². The fourth-order valence-corrected chi connectivity index (χ4v) is 7.63. The maximum Gasteiger partial charge on any atom is 0.151 e. The average Bonchev–Trinajstić information content (AvgIpc) is 3.15. The van der Waals surface area contributed by atoms with Crippen molar-refractivity contribution >= 4 is 34.1 Å². The Kier molecular flexibility index (Phi) is 6.70. The van der Waals surface area contributed by atoms with Gasteiger partial charge in [-0.05, 0) is 107 Å². The first kappa shape index (κ1) is 29.1. The van der Waals surface area contributed by atoms with Gasteiger partial charge in [-0.2, -0.15) is 0 Å². The SMILES string of the molecule is Cc1cccc2c1N1c3ccc(-c4ccc(N(c5ccccc5)c5ccc(-c6ccccc6)cc5)cc4)cc3C(C)(C)c3cccc(c31)O2. The zero-order valence-corrected chi connectivity index (χ0v) is 27.9. The molecule has 0 radical (unpaired) electrons. The molecule has 236 valence electrons. The number of nitrogens with zero attached hydrogens (tertiary/aromatic N) is 2. The molecule has 2 heterocycles. The van der Waals surface area contributed by atoms with Gasteiger partial charge in [0.15, 0.2) is 11.5 Å². The molecule has 0 spiro atoms. The van der Waals surface area contributed by atoms with Crippen molar-refractivity contribution in [1.29, 1.82) is 0 Å². The van der Waals surface area contributed by atoms with E-state index in [0.717, 1.165) is 39.9 Å². The molecule has 7 aromatic carbocycles. The summed E-state index contributed by atoms with van der Waals surface area (Å²) in [6.45, 7) is 6.83. The monoisotopic (exact) mass is 632 g/mol. The topological polar surface area (TPSA) is 15.7 Å². The highest BCUT2D eigenvalue weighted by Gasteiger charge is 2.42. The second-order valence-electron chi connectivity index (χ2n) is 13.5. The summed E-state index contributed by atoms with van der Waals surface area (Å²) >= 11 is 0. The van der Waals surface area contributed by atoms with Crippen molar-refractivity contribution in [3.8, 4) is 33.8 Å². The second kappa shape index (κ2) is 11.3. The van der Waals surface area contributed by atoms with Gasteiger partial charge < -0.3 is 14.5 Å². The van der Waals surface area contributed by atoms with Gasteiger partial charge in [-0.25, -0.2) is 0 Å². The van der Waals surface area contributed by atoms with Gasteiger partial charge >= 0.3 is 0 Å². The van der Waals surface area contributed by atoms with E-state index in [1.807, 2.05) is 0 Å². The van der Waals surface area contributed by atoms with E-state index >= 15 is 0 Å². The van der Waals surface area contributed by atoms with Crippen LogP contribution in [0.5, 0.6) is 11.5 Å². The molecule has 2 aliphatic rings. The number of para-hydroxylation sites is 3. The van der Waals surface area contributed by atoms with E-state index in [1.165, 1.54) is 44.6 Å². The lowest BCUT2D eigenvalue weighted by Gasteiger charge is -2.45. The Bertz CT molecular complexity index is 2330. The van der Waals surface area contributed by atoms with Gasteiger partial charge in [-0.3, -0.25) is 0 Å². The van der Waals surface area contributed by atoms with Crippen molar-refractivity contribution in [2.24, 2.45) is 0 Å². The Morgan fingerprint density at radius 2 is 1.00 bits per heavy atom. The minimum atomic E-state index is -0.216. The predicted octanol–water partition coefficient (Wildman–Crippen LogP) is 13.0. The zero-order valence-electron chi connectivity index (χ0n) is 27.9. The molecule has 0 aliphatic carbocycles. The number of rotatable bonds is 5. The Morgan fingerprint density at radius 1 is 0.469 bits per heavy atom. The lowest BCUT2D eigenvalue weighted by atomic mass is 9.72. The van der Waals surface area contributed by atoms with Crippen LogP contribution in [0.4, 0.5) is 34.1 Å². The lowest BCUT2D eigenvalue weighted by Crippen LogP contribution is -2.32. The summed E-state index contributed by atoms with van der Waals surface area (Å²) in [4.78, 5) is 4.74. The number of aryl methyl sites for hydroxylation is 1. The Labute approximate surface area is 288 Å². The van der Waals surface area contributed by atoms with E-state index < -0.39 is 0 Å². The molecule has 0 N–H and O–H groups in total. The molecule has 0 fully saturated rings. The molecular formula is C46H36N2O. The molecule has 3 heteroatoms. The third-order valence-corrected chi connectivity index (χ3v) is 10.2. The molecule has 49 heavy (non-hydrogen) atoms. The minimum absolute atomic E-state index is 0.216. The van der Waals surface area contributed by atoms with E-state index in [9.17, 15) is 0 Å². The molecule has 7 aromatic rings. The molecule has 3 nitrogen and oxygen atoms in total. The summed E-state index contributed by atoms with van der Waals surface area (Å²) < 4.78 is 6.48. The summed E-state index contributed by atoms with van der Waals surface area (Å²) in [5.41, 5.74) is 15.2. The van der Waals surface area contributed by atoms with Crippen LogP contribution in [0.1, 0.15) is 30.5 Å². The van der Waals surface area contributed by atoms with Crippen LogP contribution in [0.15, 0.2) is 164 Å². The first-order valence-electron chi connectivity index (χ1n) is 16.9. The van der Waals surface area contributed by atoms with Crippen LogP contribution in [-0.2, 0) is 5.41 Å². The molecule has 0 saturated heterocycles. The van der Waals surface area contributed by atoms with Gasteiger partial charge in [0.05, 0.1) is 17.1 Å². The molecule has 0 amide bonds. The largest absolute Gasteiger partial charge is 0.453 e. The summed E-state index contributed by atoms with van der Waals surface area (Å²) in [6, 6.07) is 58.7. The van der Waals surface area contributed by atoms with Gasteiger partial charge in [0.2, 0.25) is 0 Å².